The van der Waals surface area contributed by atoms with Gasteiger partial charge >= 0.3 is 5.76 Å². The maximum atomic E-state index is 12.0. The smallest absolute Gasteiger partial charge is 0.408 e. The van der Waals surface area contributed by atoms with Gasteiger partial charge in [0.15, 0.2) is 5.58 Å². The molecule has 2 aromatic rings. The summed E-state index contributed by atoms with van der Waals surface area (Å²) in [5.41, 5.74) is 2.74. The molecule has 1 aromatic carbocycles. The fourth-order valence-corrected chi connectivity index (χ4v) is 2.46. The Morgan fingerprint density at radius 3 is 2.62 bits per heavy atom. The van der Waals surface area contributed by atoms with Crippen LogP contribution in [0.25, 0.3) is 11.1 Å². The largest absolute Gasteiger partial charge is 0.419 e. The summed E-state index contributed by atoms with van der Waals surface area (Å²) in [6.45, 7) is 3.27. The van der Waals surface area contributed by atoms with E-state index < -0.39 is 21.7 Å². The van der Waals surface area contributed by atoms with E-state index in [1.807, 2.05) is 4.83 Å². The summed E-state index contributed by atoms with van der Waals surface area (Å²) in [6, 6.07) is 4.00. The van der Waals surface area contributed by atoms with Crippen LogP contribution in [0, 0.1) is 5.92 Å². The molecule has 0 fully saturated rings. The van der Waals surface area contributed by atoms with Crippen LogP contribution in [0.4, 0.5) is 0 Å². The number of hydrogen-bond acceptors (Lipinski definition) is 5. The predicted octanol–water partition coefficient (Wildman–Crippen LogP) is 0.0970. The topological polar surface area (TPSA) is 110 Å². The highest BCUT2D eigenvalue weighted by Gasteiger charge is 2.18. The fraction of sp³-hybridized carbons (Fsp3) is 0.333. The van der Waals surface area contributed by atoms with Crippen molar-refractivity contribution >= 4 is 27.0 Å². The molecule has 0 saturated carbocycles. The van der Waals surface area contributed by atoms with Gasteiger partial charge in [-0.3, -0.25) is 14.8 Å². The Kier molecular flexibility index (Phi) is 3.88. The van der Waals surface area contributed by atoms with E-state index in [1.165, 1.54) is 29.8 Å². The lowest BCUT2D eigenvalue weighted by Crippen LogP contribution is -2.43. The van der Waals surface area contributed by atoms with Crippen molar-refractivity contribution in [1.82, 2.24) is 14.8 Å². The molecule has 2 N–H and O–H groups in total. The van der Waals surface area contributed by atoms with Crippen LogP contribution >= 0.6 is 0 Å². The van der Waals surface area contributed by atoms with Crippen LogP contribution in [0.1, 0.15) is 13.8 Å². The molecule has 1 heterocycles. The van der Waals surface area contributed by atoms with Crippen LogP contribution in [0.3, 0.4) is 0 Å². The molecule has 114 valence electrons. The van der Waals surface area contributed by atoms with Crippen LogP contribution < -0.4 is 16.0 Å². The minimum absolute atomic E-state index is 0.117. The van der Waals surface area contributed by atoms with Crippen molar-refractivity contribution < 1.29 is 17.6 Å². The highest BCUT2D eigenvalue weighted by Crippen LogP contribution is 2.17. The molecule has 0 unspecified atom stereocenters. The van der Waals surface area contributed by atoms with E-state index in [1.54, 1.807) is 13.8 Å². The Hall–Kier alpha value is -2.13. The lowest BCUT2D eigenvalue weighted by Gasteiger charge is -2.09. The molecular formula is C12H15N3O5S. The number of hydrogen-bond donors (Lipinski definition) is 2. The second-order valence-corrected chi connectivity index (χ2v) is 6.49. The molecule has 9 heteroatoms. The van der Waals surface area contributed by atoms with Gasteiger partial charge in [0, 0.05) is 19.0 Å². The van der Waals surface area contributed by atoms with E-state index in [0.29, 0.717) is 5.52 Å². The minimum Gasteiger partial charge on any atom is -0.408 e. The van der Waals surface area contributed by atoms with Crippen molar-refractivity contribution in [2.45, 2.75) is 18.7 Å². The molecule has 0 aliphatic rings. The molecule has 1 aromatic heterocycles. The maximum Gasteiger partial charge on any atom is 0.419 e. The number of nitrogens with zero attached hydrogens (tertiary/aromatic N) is 1. The highest BCUT2D eigenvalue weighted by molar-refractivity contribution is 7.89. The standard InChI is InChI=1S/C12H15N3O5S/c1-7(2)11(16)13-14-21(18,19)8-4-5-9-10(6-8)20-12(17)15(9)3/h4-7,14H,1-3H3,(H,13,16). The van der Waals surface area contributed by atoms with Gasteiger partial charge in [0.05, 0.1) is 10.4 Å². The van der Waals surface area contributed by atoms with Crippen molar-refractivity contribution in [2.24, 2.45) is 13.0 Å². The number of nitrogens with one attached hydrogen (secondary N) is 2. The van der Waals surface area contributed by atoms with E-state index in [-0.39, 0.29) is 16.4 Å². The van der Waals surface area contributed by atoms with Crippen molar-refractivity contribution in [3.8, 4) is 0 Å². The predicted molar refractivity (Wildman–Crippen MR) is 74.8 cm³/mol. The molecule has 21 heavy (non-hydrogen) atoms. The zero-order valence-electron chi connectivity index (χ0n) is 11.7. The summed E-state index contributed by atoms with van der Waals surface area (Å²) in [7, 11) is -2.42. The van der Waals surface area contributed by atoms with Crippen LogP contribution in [-0.4, -0.2) is 18.9 Å². The number of sulfonamides is 1. The first-order valence-corrected chi connectivity index (χ1v) is 7.62. The van der Waals surface area contributed by atoms with Crippen LogP contribution in [-0.2, 0) is 21.9 Å². The Bertz CT molecular complexity index is 847. The molecule has 1 amide bonds. The molecule has 8 nitrogen and oxygen atoms in total. The number of aryl methyl sites for hydroxylation is 1. The van der Waals surface area contributed by atoms with Crippen LogP contribution in [0.5, 0.6) is 0 Å². The molecule has 0 aliphatic heterocycles. The number of oxazole rings is 1. The number of rotatable bonds is 4. The van der Waals surface area contributed by atoms with Crippen molar-refractivity contribution in [2.75, 3.05) is 0 Å². The molecule has 0 atom stereocenters. The first kappa shape index (κ1) is 15.3. The summed E-state index contributed by atoms with van der Waals surface area (Å²) < 4.78 is 30.3. The number of fused-ring (bicyclic) bond motifs is 1. The van der Waals surface area contributed by atoms with E-state index >= 15 is 0 Å². The Balaban J connectivity index is 2.32. The highest BCUT2D eigenvalue weighted by atomic mass is 32.2. The summed E-state index contributed by atoms with van der Waals surface area (Å²) in [5, 5.41) is 0. The Morgan fingerprint density at radius 2 is 2.00 bits per heavy atom. The van der Waals surface area contributed by atoms with Gasteiger partial charge in [-0.25, -0.2) is 13.2 Å². The van der Waals surface area contributed by atoms with Gasteiger partial charge in [-0.15, -0.1) is 4.83 Å². The minimum atomic E-state index is -3.94. The summed E-state index contributed by atoms with van der Waals surface area (Å²) in [4.78, 5) is 24.6. The van der Waals surface area contributed by atoms with Gasteiger partial charge in [0.1, 0.15) is 0 Å². The lowest BCUT2D eigenvalue weighted by atomic mass is 10.2. The van der Waals surface area contributed by atoms with E-state index in [0.717, 1.165) is 0 Å². The summed E-state index contributed by atoms with van der Waals surface area (Å²) in [6.07, 6.45) is 0. The van der Waals surface area contributed by atoms with Gasteiger partial charge in [-0.2, -0.15) is 0 Å². The van der Waals surface area contributed by atoms with Gasteiger partial charge in [-0.05, 0) is 12.1 Å². The Morgan fingerprint density at radius 1 is 1.33 bits per heavy atom. The molecule has 2 rings (SSSR count). The quantitative estimate of drug-likeness (QED) is 0.778. The van der Waals surface area contributed by atoms with Crippen LogP contribution in [0.15, 0.2) is 32.3 Å². The van der Waals surface area contributed by atoms with Gasteiger partial charge in [0.25, 0.3) is 10.0 Å². The molecule has 0 aliphatic carbocycles. The van der Waals surface area contributed by atoms with E-state index in [2.05, 4.69) is 5.43 Å². The zero-order valence-corrected chi connectivity index (χ0v) is 12.5. The van der Waals surface area contributed by atoms with Gasteiger partial charge < -0.3 is 4.42 Å². The van der Waals surface area contributed by atoms with Crippen molar-refractivity contribution in [3.05, 3.63) is 28.7 Å². The zero-order chi connectivity index (χ0) is 15.8. The third-order valence-corrected chi connectivity index (χ3v) is 4.15. The number of amides is 1. The van der Waals surface area contributed by atoms with Crippen LogP contribution in [0.2, 0.25) is 0 Å². The lowest BCUT2D eigenvalue weighted by molar-refractivity contribution is -0.124. The van der Waals surface area contributed by atoms with E-state index in [4.69, 9.17) is 4.42 Å². The number of carbonyl (C=O) groups excluding carboxylic acids is 1. The molecule has 0 spiro atoms. The third kappa shape index (κ3) is 2.98. The average Bonchev–Trinajstić information content (AvgIpc) is 2.71. The maximum absolute atomic E-state index is 12.0. The normalized spacial score (nSPS) is 12.0. The van der Waals surface area contributed by atoms with Crippen molar-refractivity contribution in [3.63, 3.8) is 0 Å². The second-order valence-electron chi connectivity index (χ2n) is 4.81. The first-order valence-electron chi connectivity index (χ1n) is 6.13. The number of carbonyl (C=O) groups is 1. The Labute approximate surface area is 120 Å². The number of aromatic nitrogens is 1. The number of hydrazine groups is 1. The third-order valence-electron chi connectivity index (χ3n) is 2.91. The fourth-order valence-electron chi connectivity index (χ4n) is 1.60. The van der Waals surface area contributed by atoms with E-state index in [9.17, 15) is 18.0 Å². The number of benzene rings is 1. The molecule has 0 radical (unpaired) electrons. The summed E-state index contributed by atoms with van der Waals surface area (Å²) >= 11 is 0. The van der Waals surface area contributed by atoms with Gasteiger partial charge in [0.2, 0.25) is 5.91 Å². The monoisotopic (exact) mass is 313 g/mol. The first-order chi connectivity index (χ1) is 9.72. The molecule has 0 bridgehead atoms. The van der Waals surface area contributed by atoms with Crippen molar-refractivity contribution in [1.29, 1.82) is 0 Å². The summed E-state index contributed by atoms with van der Waals surface area (Å²) in [5.74, 6) is -1.39. The average molecular weight is 313 g/mol. The molecular weight excluding hydrogens is 298 g/mol. The van der Waals surface area contributed by atoms with Gasteiger partial charge in [-0.1, -0.05) is 13.8 Å². The SMILES string of the molecule is CC(C)C(=O)NNS(=O)(=O)c1ccc2c(c1)oc(=O)n2C. The molecule has 0 saturated heterocycles. The second kappa shape index (κ2) is 5.34.